The number of aryl methyl sites for hydroxylation is 1. The topological polar surface area (TPSA) is 64.4 Å². The van der Waals surface area contributed by atoms with E-state index in [2.05, 4.69) is 0 Å². The molecule has 1 aromatic rings. The maximum atomic E-state index is 13.1. The first-order valence-corrected chi connectivity index (χ1v) is 4.06. The van der Waals surface area contributed by atoms with Crippen LogP contribution in [0.1, 0.15) is 15.9 Å². The van der Waals surface area contributed by atoms with Crippen molar-refractivity contribution in [2.24, 2.45) is 5.73 Å². The number of primary amides is 1. The Kier molecular flexibility index (Phi) is 3.27. The van der Waals surface area contributed by atoms with Crippen molar-refractivity contribution in [2.45, 2.75) is 6.92 Å². The Balaban J connectivity index is 3.20. The summed E-state index contributed by atoms with van der Waals surface area (Å²) in [6.07, 6.45) is 0. The van der Waals surface area contributed by atoms with E-state index in [9.17, 15) is 9.18 Å². The van der Waals surface area contributed by atoms with Gasteiger partial charge in [-0.3, -0.25) is 4.79 Å². The van der Waals surface area contributed by atoms with E-state index in [1.165, 1.54) is 6.07 Å². The third-order valence-electron chi connectivity index (χ3n) is 1.68. The number of rotatable bonds is 3. The first kappa shape index (κ1) is 10.7. The SMILES string of the molecule is Cc1cc(F)c(C(N)=O)cc1ONCl. The van der Waals surface area contributed by atoms with Crippen LogP contribution in [0, 0.1) is 12.7 Å². The molecular formula is C8H8ClFN2O2. The number of halogens is 2. The predicted molar refractivity (Wildman–Crippen MR) is 49.3 cm³/mol. The van der Waals surface area contributed by atoms with E-state index in [1.807, 2.05) is 5.00 Å². The molecule has 3 N–H and O–H groups in total. The van der Waals surface area contributed by atoms with E-state index in [4.69, 9.17) is 22.3 Å². The summed E-state index contributed by atoms with van der Waals surface area (Å²) in [6, 6.07) is 2.33. The lowest BCUT2D eigenvalue weighted by Crippen LogP contribution is -2.14. The zero-order chi connectivity index (χ0) is 10.7. The number of hydrogen-bond acceptors (Lipinski definition) is 3. The zero-order valence-electron chi connectivity index (χ0n) is 7.30. The Morgan fingerprint density at radius 1 is 1.64 bits per heavy atom. The summed E-state index contributed by atoms with van der Waals surface area (Å²) >= 11 is 5.10. The highest BCUT2D eigenvalue weighted by molar-refractivity contribution is 6.12. The van der Waals surface area contributed by atoms with E-state index in [0.29, 0.717) is 5.56 Å². The minimum Gasteiger partial charge on any atom is -0.393 e. The van der Waals surface area contributed by atoms with Gasteiger partial charge in [0.2, 0.25) is 0 Å². The molecule has 0 bridgehead atoms. The van der Waals surface area contributed by atoms with Crippen molar-refractivity contribution in [3.8, 4) is 5.75 Å². The van der Waals surface area contributed by atoms with Gasteiger partial charge in [-0.2, -0.15) is 0 Å². The summed E-state index contributed by atoms with van der Waals surface area (Å²) in [7, 11) is 0. The highest BCUT2D eigenvalue weighted by atomic mass is 35.5. The zero-order valence-corrected chi connectivity index (χ0v) is 8.06. The van der Waals surface area contributed by atoms with Gasteiger partial charge in [0.15, 0.2) is 5.75 Å². The third-order valence-corrected chi connectivity index (χ3v) is 1.76. The number of carbonyl (C=O) groups is 1. The van der Waals surface area contributed by atoms with E-state index < -0.39 is 11.7 Å². The molecule has 4 nitrogen and oxygen atoms in total. The van der Waals surface area contributed by atoms with E-state index in [0.717, 1.165) is 6.07 Å². The fraction of sp³-hybridized carbons (Fsp3) is 0.125. The molecule has 1 aromatic carbocycles. The largest absolute Gasteiger partial charge is 0.393 e. The Bertz CT molecular complexity index is 371. The predicted octanol–water partition coefficient (Wildman–Crippen LogP) is 1.27. The van der Waals surface area contributed by atoms with Crippen molar-refractivity contribution >= 4 is 17.7 Å². The fourth-order valence-electron chi connectivity index (χ4n) is 0.993. The maximum Gasteiger partial charge on any atom is 0.251 e. The average Bonchev–Trinajstić information content (AvgIpc) is 2.09. The molecule has 0 saturated carbocycles. The fourth-order valence-corrected chi connectivity index (χ4v) is 1.08. The second-order valence-electron chi connectivity index (χ2n) is 2.64. The van der Waals surface area contributed by atoms with Gasteiger partial charge in [0.1, 0.15) is 5.82 Å². The van der Waals surface area contributed by atoms with Crippen molar-refractivity contribution in [3.05, 3.63) is 29.1 Å². The second kappa shape index (κ2) is 4.26. The summed E-state index contributed by atoms with van der Waals surface area (Å²) in [5.41, 5.74) is 5.20. The summed E-state index contributed by atoms with van der Waals surface area (Å²) in [5, 5.41) is 0. The highest BCUT2D eigenvalue weighted by Gasteiger charge is 2.12. The highest BCUT2D eigenvalue weighted by Crippen LogP contribution is 2.21. The van der Waals surface area contributed by atoms with Gasteiger partial charge in [0.25, 0.3) is 5.91 Å². The molecule has 1 rings (SSSR count). The Morgan fingerprint density at radius 2 is 2.29 bits per heavy atom. The van der Waals surface area contributed by atoms with Gasteiger partial charge >= 0.3 is 0 Å². The number of nitrogens with two attached hydrogens (primary N) is 1. The van der Waals surface area contributed by atoms with Crippen LogP contribution in [0.25, 0.3) is 0 Å². The van der Waals surface area contributed by atoms with Crippen LogP contribution >= 0.6 is 11.8 Å². The summed E-state index contributed by atoms with van der Waals surface area (Å²) in [4.78, 5) is 17.4. The minimum absolute atomic E-state index is 0.238. The molecule has 0 aliphatic heterocycles. The van der Waals surface area contributed by atoms with Crippen LogP contribution in [-0.2, 0) is 0 Å². The van der Waals surface area contributed by atoms with E-state index >= 15 is 0 Å². The second-order valence-corrected chi connectivity index (χ2v) is 2.80. The average molecular weight is 219 g/mol. The van der Waals surface area contributed by atoms with Crippen molar-refractivity contribution in [1.82, 2.24) is 5.00 Å². The van der Waals surface area contributed by atoms with Gasteiger partial charge < -0.3 is 10.6 Å². The molecule has 0 unspecified atom stereocenters. The number of carbonyl (C=O) groups excluding carboxylic acids is 1. The molecule has 1 amide bonds. The van der Waals surface area contributed by atoms with Crippen LogP contribution in [0.15, 0.2) is 12.1 Å². The molecule has 0 aromatic heterocycles. The van der Waals surface area contributed by atoms with Crippen LogP contribution in [0.2, 0.25) is 0 Å². The molecule has 0 heterocycles. The van der Waals surface area contributed by atoms with Gasteiger partial charge in [-0.05, 0) is 24.6 Å². The number of hydrogen-bond donors (Lipinski definition) is 2. The molecule has 76 valence electrons. The van der Waals surface area contributed by atoms with Crippen molar-refractivity contribution in [1.29, 1.82) is 0 Å². The molecule has 14 heavy (non-hydrogen) atoms. The molecule has 0 fully saturated rings. The summed E-state index contributed by atoms with van der Waals surface area (Å²) < 4.78 is 13.1. The number of benzene rings is 1. The Hall–Kier alpha value is -1.33. The smallest absolute Gasteiger partial charge is 0.251 e. The Labute approximate surface area is 84.9 Å². The standard InChI is InChI=1S/C8H8ClFN2O2/c1-4-2-6(10)5(8(11)13)3-7(4)14-12-9/h2-3,12H,1H3,(H2,11,13). The van der Waals surface area contributed by atoms with Crippen LogP contribution in [0.3, 0.4) is 0 Å². The van der Waals surface area contributed by atoms with Crippen LogP contribution in [0.5, 0.6) is 5.75 Å². The molecule has 0 aliphatic carbocycles. The lowest BCUT2D eigenvalue weighted by Gasteiger charge is -2.07. The minimum atomic E-state index is -0.859. The first-order valence-electron chi connectivity index (χ1n) is 3.68. The van der Waals surface area contributed by atoms with Gasteiger partial charge in [-0.15, -0.1) is 0 Å². The van der Waals surface area contributed by atoms with Gasteiger partial charge in [-0.1, -0.05) is 5.00 Å². The first-order chi connectivity index (χ1) is 6.56. The molecule has 0 spiro atoms. The molecular weight excluding hydrogens is 211 g/mol. The van der Waals surface area contributed by atoms with Gasteiger partial charge in [-0.25, -0.2) is 4.39 Å². The third kappa shape index (κ3) is 2.12. The quantitative estimate of drug-likeness (QED) is 0.593. The van der Waals surface area contributed by atoms with Crippen LogP contribution in [-0.4, -0.2) is 5.91 Å². The molecule has 0 atom stereocenters. The molecule has 0 saturated heterocycles. The monoisotopic (exact) mass is 218 g/mol. The van der Waals surface area contributed by atoms with Crippen molar-refractivity contribution in [3.63, 3.8) is 0 Å². The van der Waals surface area contributed by atoms with E-state index in [-0.39, 0.29) is 11.3 Å². The molecule has 0 radical (unpaired) electrons. The lowest BCUT2D eigenvalue weighted by molar-refractivity contribution is 0.0996. The summed E-state index contributed by atoms with van der Waals surface area (Å²) in [6.45, 7) is 1.61. The molecule has 0 aliphatic rings. The maximum absolute atomic E-state index is 13.1. The van der Waals surface area contributed by atoms with Gasteiger partial charge in [0, 0.05) is 11.8 Å². The lowest BCUT2D eigenvalue weighted by atomic mass is 10.1. The van der Waals surface area contributed by atoms with Crippen LogP contribution < -0.4 is 15.6 Å². The summed E-state index contributed by atoms with van der Waals surface area (Å²) in [5.74, 6) is -1.30. The normalized spacial score (nSPS) is 9.93. The number of nitrogens with one attached hydrogen (secondary N) is 1. The number of amides is 1. The van der Waals surface area contributed by atoms with Crippen molar-refractivity contribution < 1.29 is 14.0 Å². The van der Waals surface area contributed by atoms with Gasteiger partial charge in [0.05, 0.1) is 5.56 Å². The van der Waals surface area contributed by atoms with E-state index in [1.54, 1.807) is 6.92 Å². The Morgan fingerprint density at radius 3 is 2.79 bits per heavy atom. The molecule has 6 heteroatoms. The van der Waals surface area contributed by atoms with Crippen LogP contribution in [0.4, 0.5) is 4.39 Å². The van der Waals surface area contributed by atoms with Crippen molar-refractivity contribution in [2.75, 3.05) is 0 Å².